The fourth-order valence-corrected chi connectivity index (χ4v) is 3.46. The monoisotopic (exact) mass is 368 g/mol. The highest BCUT2D eigenvalue weighted by Gasteiger charge is 2.42. The SMILES string of the molecule is CCC(C(=O)NO)C(C(=O)N1CCC[C@H]1C(=O)O)c1ccc(Cl)cc1. The van der Waals surface area contributed by atoms with Gasteiger partial charge in [0, 0.05) is 11.6 Å². The molecule has 0 aliphatic carbocycles. The van der Waals surface area contributed by atoms with Crippen molar-refractivity contribution in [1.29, 1.82) is 0 Å². The van der Waals surface area contributed by atoms with E-state index in [2.05, 4.69) is 0 Å². The quantitative estimate of drug-likeness (QED) is 0.526. The summed E-state index contributed by atoms with van der Waals surface area (Å²) in [6.45, 7) is 2.06. The summed E-state index contributed by atoms with van der Waals surface area (Å²) in [4.78, 5) is 38.0. The van der Waals surface area contributed by atoms with Gasteiger partial charge in [0.1, 0.15) is 6.04 Å². The summed E-state index contributed by atoms with van der Waals surface area (Å²) in [6, 6.07) is 5.62. The molecule has 3 atom stereocenters. The summed E-state index contributed by atoms with van der Waals surface area (Å²) in [6.07, 6.45) is 1.29. The number of hydrogen-bond acceptors (Lipinski definition) is 4. The van der Waals surface area contributed by atoms with Gasteiger partial charge >= 0.3 is 5.97 Å². The maximum absolute atomic E-state index is 13.1. The van der Waals surface area contributed by atoms with Crippen molar-refractivity contribution in [2.45, 2.75) is 38.1 Å². The normalized spacial score (nSPS) is 19.3. The minimum atomic E-state index is -1.06. The van der Waals surface area contributed by atoms with Gasteiger partial charge in [0.15, 0.2) is 0 Å². The molecule has 8 heteroatoms. The smallest absolute Gasteiger partial charge is 0.326 e. The molecule has 1 saturated heterocycles. The van der Waals surface area contributed by atoms with E-state index >= 15 is 0 Å². The predicted octanol–water partition coefficient (Wildman–Crippen LogP) is 2.03. The van der Waals surface area contributed by atoms with E-state index in [-0.39, 0.29) is 0 Å². The number of hydroxylamine groups is 1. The Morgan fingerprint density at radius 3 is 2.48 bits per heavy atom. The molecule has 7 nitrogen and oxygen atoms in total. The van der Waals surface area contributed by atoms with E-state index in [1.54, 1.807) is 36.7 Å². The highest BCUT2D eigenvalue weighted by molar-refractivity contribution is 6.30. The molecule has 25 heavy (non-hydrogen) atoms. The second-order valence-electron chi connectivity index (χ2n) is 6.05. The van der Waals surface area contributed by atoms with Crippen LogP contribution in [-0.2, 0) is 14.4 Å². The van der Waals surface area contributed by atoms with Crippen LogP contribution in [0.5, 0.6) is 0 Å². The predicted molar refractivity (Wildman–Crippen MR) is 90.3 cm³/mol. The molecule has 3 N–H and O–H groups in total. The van der Waals surface area contributed by atoms with Crippen molar-refractivity contribution < 1.29 is 24.7 Å². The van der Waals surface area contributed by atoms with Gasteiger partial charge in [-0.25, -0.2) is 10.3 Å². The Morgan fingerprint density at radius 1 is 1.32 bits per heavy atom. The fraction of sp³-hybridized carbons (Fsp3) is 0.471. The number of likely N-dealkylation sites (tertiary alicyclic amines) is 1. The Kier molecular flexibility index (Phi) is 6.39. The number of carboxylic acid groups (broad SMARTS) is 1. The molecule has 0 bridgehead atoms. The van der Waals surface area contributed by atoms with Crippen LogP contribution in [0.2, 0.25) is 5.02 Å². The number of nitrogens with zero attached hydrogens (tertiary/aromatic N) is 1. The average molecular weight is 369 g/mol. The molecule has 136 valence electrons. The molecule has 0 radical (unpaired) electrons. The zero-order chi connectivity index (χ0) is 18.6. The molecule has 1 aliphatic rings. The lowest BCUT2D eigenvalue weighted by molar-refractivity contribution is -0.150. The minimum absolute atomic E-state index is 0.303. The number of hydrogen-bond donors (Lipinski definition) is 3. The Balaban J connectivity index is 2.43. The number of halogens is 1. The van der Waals surface area contributed by atoms with Crippen molar-refractivity contribution in [3.05, 3.63) is 34.9 Å². The summed E-state index contributed by atoms with van der Waals surface area (Å²) in [5.74, 6) is -3.88. The molecule has 0 spiro atoms. The lowest BCUT2D eigenvalue weighted by atomic mass is 9.82. The first kappa shape index (κ1) is 19.2. The van der Waals surface area contributed by atoms with Crippen LogP contribution >= 0.6 is 11.6 Å². The van der Waals surface area contributed by atoms with Crippen molar-refractivity contribution in [2.24, 2.45) is 5.92 Å². The fourth-order valence-electron chi connectivity index (χ4n) is 3.34. The summed E-state index contributed by atoms with van der Waals surface area (Å²) in [5, 5.41) is 18.9. The van der Waals surface area contributed by atoms with E-state index < -0.39 is 35.7 Å². The number of rotatable bonds is 6. The molecule has 2 rings (SSSR count). The van der Waals surface area contributed by atoms with Gasteiger partial charge in [0.05, 0.1) is 11.8 Å². The Labute approximate surface area is 150 Å². The first-order chi connectivity index (χ1) is 11.9. The summed E-state index contributed by atoms with van der Waals surface area (Å²) >= 11 is 5.90. The van der Waals surface area contributed by atoms with Gasteiger partial charge in [-0.3, -0.25) is 14.8 Å². The minimum Gasteiger partial charge on any atom is -0.480 e. The standard InChI is InChI=1S/C17H21ClN2O5/c1-2-12(15(21)19-25)14(10-5-7-11(18)8-6-10)16(22)20-9-3-4-13(20)17(23)24/h5-8,12-14,25H,2-4,9H2,1H3,(H,19,21)(H,23,24)/t12?,13-,14?/m0/s1. The topological polar surface area (TPSA) is 107 Å². The van der Waals surface area contributed by atoms with Gasteiger partial charge in [-0.2, -0.15) is 0 Å². The van der Waals surface area contributed by atoms with Gasteiger partial charge in [-0.15, -0.1) is 0 Å². The number of carboxylic acids is 1. The van der Waals surface area contributed by atoms with Crippen LogP contribution in [0.1, 0.15) is 37.7 Å². The highest BCUT2D eigenvalue weighted by atomic mass is 35.5. The number of aliphatic carboxylic acids is 1. The van der Waals surface area contributed by atoms with Crippen LogP contribution in [0.3, 0.4) is 0 Å². The molecule has 0 aromatic heterocycles. The highest BCUT2D eigenvalue weighted by Crippen LogP contribution is 2.33. The molecule has 0 saturated carbocycles. The summed E-state index contributed by atoms with van der Waals surface area (Å²) in [5.41, 5.74) is 2.16. The largest absolute Gasteiger partial charge is 0.480 e. The van der Waals surface area contributed by atoms with Crippen LogP contribution in [0.15, 0.2) is 24.3 Å². The van der Waals surface area contributed by atoms with Gasteiger partial charge in [0.25, 0.3) is 0 Å². The number of carbonyl (C=O) groups excluding carboxylic acids is 2. The Morgan fingerprint density at radius 2 is 1.96 bits per heavy atom. The third kappa shape index (κ3) is 4.11. The average Bonchev–Trinajstić information content (AvgIpc) is 3.09. The Bertz CT molecular complexity index is 649. The maximum atomic E-state index is 13.1. The van der Waals surface area contributed by atoms with Gasteiger partial charge in [-0.05, 0) is 37.0 Å². The molecule has 1 aliphatic heterocycles. The van der Waals surface area contributed by atoms with Gasteiger partial charge in [-0.1, -0.05) is 30.7 Å². The van der Waals surface area contributed by atoms with Crippen LogP contribution in [-0.4, -0.2) is 45.6 Å². The zero-order valence-corrected chi connectivity index (χ0v) is 14.6. The number of amides is 2. The first-order valence-electron chi connectivity index (χ1n) is 8.13. The number of benzene rings is 1. The molecule has 2 unspecified atom stereocenters. The van der Waals surface area contributed by atoms with E-state index in [1.165, 1.54) is 4.90 Å². The third-order valence-electron chi connectivity index (χ3n) is 4.61. The first-order valence-corrected chi connectivity index (χ1v) is 8.51. The molecule has 1 aromatic rings. The van der Waals surface area contributed by atoms with Crippen LogP contribution in [0.25, 0.3) is 0 Å². The molecule has 1 fully saturated rings. The van der Waals surface area contributed by atoms with E-state index in [4.69, 9.17) is 16.8 Å². The maximum Gasteiger partial charge on any atom is 0.326 e. The molecule has 1 heterocycles. The van der Waals surface area contributed by atoms with E-state index in [0.29, 0.717) is 36.4 Å². The lowest BCUT2D eigenvalue weighted by Gasteiger charge is -2.30. The lowest BCUT2D eigenvalue weighted by Crippen LogP contribution is -2.46. The van der Waals surface area contributed by atoms with E-state index in [0.717, 1.165) is 0 Å². The van der Waals surface area contributed by atoms with Gasteiger partial charge < -0.3 is 10.0 Å². The van der Waals surface area contributed by atoms with Crippen molar-refractivity contribution in [3.63, 3.8) is 0 Å². The van der Waals surface area contributed by atoms with E-state index in [9.17, 15) is 19.5 Å². The second kappa shape index (κ2) is 8.31. The van der Waals surface area contributed by atoms with Crippen molar-refractivity contribution >= 4 is 29.4 Å². The number of carbonyl (C=O) groups is 3. The molecule has 1 aromatic carbocycles. The van der Waals surface area contributed by atoms with Crippen molar-refractivity contribution in [3.8, 4) is 0 Å². The summed E-state index contributed by atoms with van der Waals surface area (Å²) in [7, 11) is 0. The molecular weight excluding hydrogens is 348 g/mol. The summed E-state index contributed by atoms with van der Waals surface area (Å²) < 4.78 is 0. The van der Waals surface area contributed by atoms with Crippen molar-refractivity contribution in [1.82, 2.24) is 10.4 Å². The van der Waals surface area contributed by atoms with Crippen LogP contribution < -0.4 is 5.48 Å². The Hall–Kier alpha value is -2.12. The second-order valence-corrected chi connectivity index (χ2v) is 6.48. The van der Waals surface area contributed by atoms with Crippen LogP contribution in [0.4, 0.5) is 0 Å². The van der Waals surface area contributed by atoms with Crippen molar-refractivity contribution in [2.75, 3.05) is 6.54 Å². The molecule has 2 amide bonds. The van der Waals surface area contributed by atoms with E-state index in [1.807, 2.05) is 0 Å². The third-order valence-corrected chi connectivity index (χ3v) is 4.86. The number of nitrogens with one attached hydrogen (secondary N) is 1. The zero-order valence-electron chi connectivity index (χ0n) is 13.8. The molecular formula is C17H21ClN2O5. The van der Waals surface area contributed by atoms with Gasteiger partial charge in [0.2, 0.25) is 11.8 Å². The van der Waals surface area contributed by atoms with Crippen LogP contribution in [0, 0.1) is 5.92 Å².